The number of piperidine rings is 1. The summed E-state index contributed by atoms with van der Waals surface area (Å²) < 4.78 is 0. The highest BCUT2D eigenvalue weighted by molar-refractivity contribution is 7.12. The van der Waals surface area contributed by atoms with Gasteiger partial charge in [0.25, 0.3) is 11.8 Å². The van der Waals surface area contributed by atoms with Crippen molar-refractivity contribution in [2.24, 2.45) is 5.92 Å². The average molecular weight is 358 g/mol. The quantitative estimate of drug-likeness (QED) is 0.841. The number of thiophene rings is 1. The topological polar surface area (TPSA) is 66.4 Å². The lowest BCUT2D eigenvalue weighted by Gasteiger charge is -2.32. The van der Waals surface area contributed by atoms with Crippen LogP contribution in [-0.4, -0.2) is 58.8 Å². The first-order chi connectivity index (χ1) is 12.0. The fraction of sp³-hybridized carbons (Fsp3) is 0.444. The Morgan fingerprint density at radius 2 is 2.20 bits per heavy atom. The van der Waals surface area contributed by atoms with Crippen molar-refractivity contribution >= 4 is 23.2 Å². The summed E-state index contributed by atoms with van der Waals surface area (Å²) >= 11 is 1.48. The van der Waals surface area contributed by atoms with Crippen LogP contribution in [0, 0.1) is 5.92 Å². The normalized spacial score (nSPS) is 17.4. The van der Waals surface area contributed by atoms with Crippen molar-refractivity contribution in [3.63, 3.8) is 0 Å². The Bertz CT molecular complexity index is 745. The number of amides is 2. The van der Waals surface area contributed by atoms with Crippen LogP contribution in [0.5, 0.6) is 0 Å². The van der Waals surface area contributed by atoms with Gasteiger partial charge in [-0.1, -0.05) is 6.07 Å². The van der Waals surface area contributed by atoms with Gasteiger partial charge >= 0.3 is 0 Å². The van der Waals surface area contributed by atoms with Crippen LogP contribution in [0.15, 0.2) is 29.9 Å². The van der Waals surface area contributed by atoms with Gasteiger partial charge in [-0.15, -0.1) is 11.3 Å². The number of nitrogens with zero attached hydrogens (tertiary/aromatic N) is 4. The van der Waals surface area contributed by atoms with Crippen LogP contribution in [0.2, 0.25) is 0 Å². The van der Waals surface area contributed by atoms with E-state index in [1.165, 1.54) is 22.6 Å². The molecule has 0 N–H and O–H groups in total. The third-order valence-electron chi connectivity index (χ3n) is 4.38. The summed E-state index contributed by atoms with van der Waals surface area (Å²) in [7, 11) is 3.42. The standard InChI is InChI=1S/C18H22N4O2S/c1-21(2)17(23)15-10-14(19-12-20-15)9-13-5-3-7-22(11-13)18(24)16-6-4-8-25-16/h4,6,8,10,12-13H,3,5,7,9,11H2,1-2H3. The SMILES string of the molecule is CN(C)C(=O)c1cc(CC2CCCN(C(=O)c3cccs3)C2)ncn1. The van der Waals surface area contributed by atoms with Crippen LogP contribution in [-0.2, 0) is 6.42 Å². The van der Waals surface area contributed by atoms with E-state index in [2.05, 4.69) is 9.97 Å². The van der Waals surface area contributed by atoms with E-state index in [1.54, 1.807) is 20.2 Å². The number of carbonyl (C=O) groups is 2. The molecule has 3 heterocycles. The summed E-state index contributed by atoms with van der Waals surface area (Å²) in [5, 5.41) is 1.93. The molecule has 0 aromatic carbocycles. The van der Waals surface area contributed by atoms with E-state index in [9.17, 15) is 9.59 Å². The smallest absolute Gasteiger partial charge is 0.272 e. The highest BCUT2D eigenvalue weighted by atomic mass is 32.1. The Hall–Kier alpha value is -2.28. The van der Waals surface area contributed by atoms with Crippen molar-refractivity contribution < 1.29 is 9.59 Å². The lowest BCUT2D eigenvalue weighted by molar-refractivity contribution is 0.0677. The van der Waals surface area contributed by atoms with Gasteiger partial charge in [0.1, 0.15) is 12.0 Å². The van der Waals surface area contributed by atoms with Crippen LogP contribution in [0.3, 0.4) is 0 Å². The van der Waals surface area contributed by atoms with Crippen LogP contribution in [0.1, 0.15) is 38.7 Å². The molecule has 0 radical (unpaired) electrons. The number of likely N-dealkylation sites (tertiary alicyclic amines) is 1. The Labute approximate surface area is 151 Å². The molecular formula is C18H22N4O2S. The molecule has 132 valence electrons. The molecule has 25 heavy (non-hydrogen) atoms. The van der Waals surface area contributed by atoms with Gasteiger partial charge in [0.05, 0.1) is 4.88 Å². The van der Waals surface area contributed by atoms with Gasteiger partial charge in [-0.05, 0) is 42.7 Å². The number of rotatable bonds is 4. The van der Waals surface area contributed by atoms with E-state index >= 15 is 0 Å². The number of hydrogen-bond acceptors (Lipinski definition) is 5. The lowest BCUT2D eigenvalue weighted by Crippen LogP contribution is -2.40. The Morgan fingerprint density at radius 1 is 1.36 bits per heavy atom. The average Bonchev–Trinajstić information content (AvgIpc) is 3.15. The van der Waals surface area contributed by atoms with Crippen LogP contribution < -0.4 is 0 Å². The highest BCUT2D eigenvalue weighted by Gasteiger charge is 2.25. The molecule has 2 amide bonds. The minimum Gasteiger partial charge on any atom is -0.343 e. The van der Waals surface area contributed by atoms with Gasteiger partial charge in [-0.2, -0.15) is 0 Å². The maximum atomic E-state index is 12.5. The number of aromatic nitrogens is 2. The maximum absolute atomic E-state index is 12.5. The van der Waals surface area contributed by atoms with E-state index < -0.39 is 0 Å². The third kappa shape index (κ3) is 4.22. The molecule has 7 heteroatoms. The fourth-order valence-corrected chi connectivity index (χ4v) is 3.81. The zero-order chi connectivity index (χ0) is 17.8. The van der Waals surface area contributed by atoms with Crippen molar-refractivity contribution in [2.75, 3.05) is 27.2 Å². The van der Waals surface area contributed by atoms with E-state index in [0.717, 1.165) is 42.9 Å². The Balaban J connectivity index is 1.66. The van der Waals surface area contributed by atoms with E-state index in [1.807, 2.05) is 22.4 Å². The molecule has 6 nitrogen and oxygen atoms in total. The first-order valence-electron chi connectivity index (χ1n) is 8.40. The largest absolute Gasteiger partial charge is 0.343 e. The van der Waals surface area contributed by atoms with Crippen molar-refractivity contribution in [2.45, 2.75) is 19.3 Å². The molecule has 1 unspecified atom stereocenters. The fourth-order valence-electron chi connectivity index (χ4n) is 3.12. The summed E-state index contributed by atoms with van der Waals surface area (Å²) in [6.07, 6.45) is 4.26. The third-order valence-corrected chi connectivity index (χ3v) is 5.24. The molecule has 3 rings (SSSR count). The molecule has 0 bridgehead atoms. The molecule has 1 saturated heterocycles. The molecular weight excluding hydrogens is 336 g/mol. The Kier molecular flexibility index (Phi) is 5.43. The molecule has 0 aliphatic carbocycles. The molecule has 0 spiro atoms. The number of carbonyl (C=O) groups excluding carboxylic acids is 2. The summed E-state index contributed by atoms with van der Waals surface area (Å²) in [6.45, 7) is 1.54. The van der Waals surface area contributed by atoms with Gasteiger partial charge in [-0.3, -0.25) is 9.59 Å². The molecule has 1 aliphatic heterocycles. The maximum Gasteiger partial charge on any atom is 0.272 e. The van der Waals surface area contributed by atoms with Crippen molar-refractivity contribution in [1.82, 2.24) is 19.8 Å². The van der Waals surface area contributed by atoms with Crippen LogP contribution in [0.25, 0.3) is 0 Å². The zero-order valence-corrected chi connectivity index (χ0v) is 15.3. The second-order valence-electron chi connectivity index (χ2n) is 6.54. The summed E-state index contributed by atoms with van der Waals surface area (Å²) in [5.41, 5.74) is 1.27. The molecule has 2 aromatic rings. The molecule has 1 aliphatic rings. The number of hydrogen-bond donors (Lipinski definition) is 0. The summed E-state index contributed by atoms with van der Waals surface area (Å²) in [5.74, 6) is 0.350. The van der Waals surface area contributed by atoms with Crippen molar-refractivity contribution in [1.29, 1.82) is 0 Å². The molecule has 0 saturated carbocycles. The van der Waals surface area contributed by atoms with Gasteiger partial charge in [0.15, 0.2) is 0 Å². The van der Waals surface area contributed by atoms with E-state index in [0.29, 0.717) is 11.6 Å². The van der Waals surface area contributed by atoms with Gasteiger partial charge < -0.3 is 9.80 Å². The van der Waals surface area contributed by atoms with Gasteiger partial charge in [0.2, 0.25) is 0 Å². The van der Waals surface area contributed by atoms with Crippen LogP contribution >= 0.6 is 11.3 Å². The van der Waals surface area contributed by atoms with Crippen molar-refractivity contribution in [3.8, 4) is 0 Å². The molecule has 1 fully saturated rings. The minimum atomic E-state index is -0.123. The zero-order valence-electron chi connectivity index (χ0n) is 14.5. The van der Waals surface area contributed by atoms with Gasteiger partial charge in [-0.25, -0.2) is 9.97 Å². The Morgan fingerprint density at radius 3 is 2.92 bits per heavy atom. The predicted molar refractivity (Wildman–Crippen MR) is 96.7 cm³/mol. The van der Waals surface area contributed by atoms with Crippen molar-refractivity contribution in [3.05, 3.63) is 46.2 Å². The first-order valence-corrected chi connectivity index (χ1v) is 9.28. The second-order valence-corrected chi connectivity index (χ2v) is 7.48. The molecule has 2 aromatic heterocycles. The lowest BCUT2D eigenvalue weighted by atomic mass is 9.93. The summed E-state index contributed by atoms with van der Waals surface area (Å²) in [4.78, 5) is 37.2. The van der Waals surface area contributed by atoms with Crippen LogP contribution in [0.4, 0.5) is 0 Å². The molecule has 1 atom stereocenters. The van der Waals surface area contributed by atoms with Gasteiger partial charge in [0, 0.05) is 32.9 Å². The minimum absolute atomic E-state index is 0.117. The predicted octanol–water partition coefficient (Wildman–Crippen LogP) is 2.33. The first kappa shape index (κ1) is 17.5. The second kappa shape index (κ2) is 7.74. The van der Waals surface area contributed by atoms with E-state index in [-0.39, 0.29) is 11.8 Å². The monoisotopic (exact) mass is 358 g/mol. The summed E-state index contributed by atoms with van der Waals surface area (Å²) in [6, 6.07) is 5.55. The highest BCUT2D eigenvalue weighted by Crippen LogP contribution is 2.23. The van der Waals surface area contributed by atoms with E-state index in [4.69, 9.17) is 0 Å².